The second-order valence-corrected chi connectivity index (χ2v) is 6.29. The molecule has 1 N–H and O–H groups in total. The van der Waals surface area contributed by atoms with Crippen molar-refractivity contribution in [3.63, 3.8) is 0 Å². The molecule has 3 unspecified atom stereocenters. The lowest BCUT2D eigenvalue weighted by Crippen LogP contribution is -2.37. The summed E-state index contributed by atoms with van der Waals surface area (Å²) in [6.45, 7) is 6.97. The number of piperidine rings is 1. The van der Waals surface area contributed by atoms with Gasteiger partial charge in [-0.25, -0.2) is 0 Å². The Hall–Kier alpha value is -0.610. The highest BCUT2D eigenvalue weighted by Gasteiger charge is 2.25. The van der Waals surface area contributed by atoms with Crippen molar-refractivity contribution < 1.29 is 9.53 Å². The van der Waals surface area contributed by atoms with Crippen LogP contribution in [0.2, 0.25) is 0 Å². The fourth-order valence-electron chi connectivity index (χ4n) is 3.18. The fourth-order valence-corrected chi connectivity index (χ4v) is 3.18. The smallest absolute Gasteiger partial charge is 0.222 e. The van der Waals surface area contributed by atoms with E-state index in [0.29, 0.717) is 30.1 Å². The van der Waals surface area contributed by atoms with Gasteiger partial charge in [-0.2, -0.15) is 0 Å². The molecule has 2 aliphatic rings. The zero-order valence-corrected chi connectivity index (χ0v) is 12.4. The van der Waals surface area contributed by atoms with Gasteiger partial charge in [0.15, 0.2) is 0 Å². The molecule has 3 atom stereocenters. The van der Waals surface area contributed by atoms with E-state index in [9.17, 15) is 4.79 Å². The summed E-state index contributed by atoms with van der Waals surface area (Å²) in [5.41, 5.74) is 0. The third-order valence-electron chi connectivity index (χ3n) is 4.62. The van der Waals surface area contributed by atoms with E-state index in [-0.39, 0.29) is 0 Å². The summed E-state index contributed by atoms with van der Waals surface area (Å²) in [5, 5.41) is 3.44. The first-order valence-electron chi connectivity index (χ1n) is 7.69. The van der Waals surface area contributed by atoms with Gasteiger partial charge in [0, 0.05) is 32.5 Å². The van der Waals surface area contributed by atoms with Crippen molar-refractivity contribution in [3.8, 4) is 0 Å². The van der Waals surface area contributed by atoms with Crippen molar-refractivity contribution in [2.24, 2.45) is 17.8 Å². The van der Waals surface area contributed by atoms with E-state index >= 15 is 0 Å². The summed E-state index contributed by atoms with van der Waals surface area (Å²) in [5.74, 6) is 1.99. The van der Waals surface area contributed by atoms with E-state index < -0.39 is 0 Å². The molecule has 2 rings (SSSR count). The summed E-state index contributed by atoms with van der Waals surface area (Å²) in [7, 11) is 1.94. The molecule has 19 heavy (non-hydrogen) atoms. The van der Waals surface area contributed by atoms with Crippen molar-refractivity contribution in [2.45, 2.75) is 32.6 Å². The Labute approximate surface area is 116 Å². The molecule has 110 valence electrons. The fraction of sp³-hybridized carbons (Fsp3) is 0.933. The highest BCUT2D eigenvalue weighted by Crippen LogP contribution is 2.23. The second kappa shape index (κ2) is 7.25. The molecule has 2 saturated heterocycles. The minimum atomic E-state index is 0.296. The van der Waals surface area contributed by atoms with Crippen LogP contribution in [0.15, 0.2) is 0 Å². The normalized spacial score (nSPS) is 29.2. The molecule has 0 saturated carbocycles. The Balaban J connectivity index is 1.72. The van der Waals surface area contributed by atoms with Gasteiger partial charge in [0.25, 0.3) is 0 Å². The minimum Gasteiger partial charge on any atom is -0.381 e. The topological polar surface area (TPSA) is 41.6 Å². The monoisotopic (exact) mass is 268 g/mol. The molecular formula is C15H28N2O2. The van der Waals surface area contributed by atoms with Crippen LogP contribution in [0.25, 0.3) is 0 Å². The molecule has 0 bridgehead atoms. The maximum absolute atomic E-state index is 12.2. The highest BCUT2D eigenvalue weighted by molar-refractivity contribution is 5.76. The van der Waals surface area contributed by atoms with Crippen molar-refractivity contribution in [1.29, 1.82) is 0 Å². The van der Waals surface area contributed by atoms with E-state index in [1.165, 1.54) is 12.8 Å². The maximum atomic E-state index is 12.2. The van der Waals surface area contributed by atoms with Gasteiger partial charge in [0.05, 0.1) is 6.61 Å². The number of carbonyl (C=O) groups is 1. The number of amides is 1. The third kappa shape index (κ3) is 4.46. The van der Waals surface area contributed by atoms with Crippen molar-refractivity contribution >= 4 is 5.91 Å². The molecule has 0 aliphatic carbocycles. The van der Waals surface area contributed by atoms with Gasteiger partial charge in [0.2, 0.25) is 5.91 Å². The van der Waals surface area contributed by atoms with Gasteiger partial charge in [-0.15, -0.1) is 0 Å². The molecule has 4 nitrogen and oxygen atoms in total. The van der Waals surface area contributed by atoms with E-state index in [0.717, 1.165) is 39.3 Å². The Kier molecular flexibility index (Phi) is 5.64. The number of nitrogens with one attached hydrogen (secondary N) is 1. The van der Waals surface area contributed by atoms with Crippen molar-refractivity contribution in [3.05, 3.63) is 0 Å². The summed E-state index contributed by atoms with van der Waals surface area (Å²) >= 11 is 0. The maximum Gasteiger partial charge on any atom is 0.222 e. The number of hydrogen-bond acceptors (Lipinski definition) is 3. The average Bonchev–Trinajstić information content (AvgIpc) is 2.92. The first-order valence-corrected chi connectivity index (χ1v) is 7.69. The van der Waals surface area contributed by atoms with Gasteiger partial charge >= 0.3 is 0 Å². The molecule has 0 aromatic carbocycles. The third-order valence-corrected chi connectivity index (χ3v) is 4.62. The average molecular weight is 268 g/mol. The molecule has 2 heterocycles. The number of nitrogens with zero attached hydrogens (tertiary/aromatic N) is 1. The van der Waals surface area contributed by atoms with Crippen LogP contribution in [0.3, 0.4) is 0 Å². The Bertz CT molecular complexity index is 284. The second-order valence-electron chi connectivity index (χ2n) is 6.29. The molecule has 2 aliphatic heterocycles. The van der Waals surface area contributed by atoms with E-state index in [1.54, 1.807) is 0 Å². The first-order chi connectivity index (χ1) is 9.16. The number of hydrogen-bond donors (Lipinski definition) is 1. The zero-order chi connectivity index (χ0) is 13.7. The van der Waals surface area contributed by atoms with Crippen LogP contribution in [0, 0.1) is 17.8 Å². The van der Waals surface area contributed by atoms with Crippen LogP contribution < -0.4 is 5.32 Å². The Morgan fingerprint density at radius 1 is 1.47 bits per heavy atom. The van der Waals surface area contributed by atoms with Crippen LogP contribution >= 0.6 is 0 Å². The molecule has 1 amide bonds. The lowest BCUT2D eigenvalue weighted by Gasteiger charge is -2.29. The quantitative estimate of drug-likeness (QED) is 0.822. The molecule has 0 aromatic rings. The summed E-state index contributed by atoms with van der Waals surface area (Å²) in [4.78, 5) is 14.2. The van der Waals surface area contributed by atoms with Crippen LogP contribution in [0.4, 0.5) is 0 Å². The van der Waals surface area contributed by atoms with E-state index in [4.69, 9.17) is 4.74 Å². The number of carbonyl (C=O) groups excluding carboxylic acids is 1. The summed E-state index contributed by atoms with van der Waals surface area (Å²) in [6, 6.07) is 0. The van der Waals surface area contributed by atoms with Crippen molar-refractivity contribution in [2.75, 3.05) is 39.9 Å². The minimum absolute atomic E-state index is 0.296. The van der Waals surface area contributed by atoms with Gasteiger partial charge in [-0.05, 0) is 44.2 Å². The van der Waals surface area contributed by atoms with Gasteiger partial charge in [0.1, 0.15) is 0 Å². The summed E-state index contributed by atoms with van der Waals surface area (Å²) < 4.78 is 5.37. The Morgan fingerprint density at radius 3 is 2.95 bits per heavy atom. The van der Waals surface area contributed by atoms with Gasteiger partial charge < -0.3 is 15.0 Å². The van der Waals surface area contributed by atoms with Crippen LogP contribution in [0.1, 0.15) is 32.6 Å². The largest absolute Gasteiger partial charge is 0.381 e. The SMILES string of the molecule is CC(CC(=O)N(C)CC1CCOC1)C1CCCNC1. The van der Waals surface area contributed by atoms with Gasteiger partial charge in [-0.3, -0.25) is 4.79 Å². The predicted octanol–water partition coefficient (Wildman–Crippen LogP) is 1.51. The van der Waals surface area contributed by atoms with E-state index in [1.807, 2.05) is 11.9 Å². The molecule has 4 heteroatoms. The molecule has 0 spiro atoms. The Morgan fingerprint density at radius 2 is 2.32 bits per heavy atom. The van der Waals surface area contributed by atoms with Gasteiger partial charge in [-0.1, -0.05) is 6.92 Å². The lowest BCUT2D eigenvalue weighted by atomic mass is 9.85. The number of rotatable bonds is 5. The first kappa shape index (κ1) is 14.8. The van der Waals surface area contributed by atoms with Crippen LogP contribution in [-0.4, -0.2) is 50.7 Å². The van der Waals surface area contributed by atoms with Crippen LogP contribution in [-0.2, 0) is 9.53 Å². The highest BCUT2D eigenvalue weighted by atomic mass is 16.5. The standard InChI is InChI=1S/C15H28N2O2/c1-12(14-4-3-6-16-9-14)8-15(18)17(2)10-13-5-7-19-11-13/h12-14,16H,3-11H2,1-2H3. The number of ether oxygens (including phenoxy) is 1. The summed E-state index contributed by atoms with van der Waals surface area (Å²) in [6.07, 6.45) is 4.30. The molecule has 0 radical (unpaired) electrons. The lowest BCUT2D eigenvalue weighted by molar-refractivity contribution is -0.131. The molecule has 2 fully saturated rings. The van der Waals surface area contributed by atoms with Crippen LogP contribution in [0.5, 0.6) is 0 Å². The predicted molar refractivity (Wildman–Crippen MR) is 75.9 cm³/mol. The van der Waals surface area contributed by atoms with Crippen molar-refractivity contribution in [1.82, 2.24) is 10.2 Å². The molecule has 0 aromatic heterocycles. The molecular weight excluding hydrogens is 240 g/mol. The zero-order valence-electron chi connectivity index (χ0n) is 12.4. The van der Waals surface area contributed by atoms with E-state index in [2.05, 4.69) is 12.2 Å².